The largest absolute Gasteiger partial charge is 0.504 e. The lowest BCUT2D eigenvalue weighted by atomic mass is 10.1. The summed E-state index contributed by atoms with van der Waals surface area (Å²) in [4.78, 5) is 13.8. The van der Waals surface area contributed by atoms with Crippen molar-refractivity contribution < 1.29 is 23.8 Å². The van der Waals surface area contributed by atoms with E-state index >= 15 is 0 Å². The van der Waals surface area contributed by atoms with Gasteiger partial charge < -0.3 is 15.9 Å². The van der Waals surface area contributed by atoms with E-state index in [9.17, 15) is 13.6 Å². The molecule has 1 aromatic rings. The van der Waals surface area contributed by atoms with Crippen LogP contribution < -0.4 is 5.73 Å². The molecule has 5 nitrogen and oxygen atoms in total. The van der Waals surface area contributed by atoms with Crippen LogP contribution in [0.3, 0.4) is 0 Å². The molecule has 0 saturated heterocycles. The van der Waals surface area contributed by atoms with E-state index in [1.165, 1.54) is 0 Å². The third-order valence-corrected chi connectivity index (χ3v) is 1.67. The predicted molar refractivity (Wildman–Crippen MR) is 46.6 cm³/mol. The standard InChI is InChI=1S/C8H8F2N2O3/c9-7(10)4-1-3(2-5(13)14)12-8(11)6(4)15/h1,7,15H,2H2,(H2,11,12)(H,13,14). The van der Waals surface area contributed by atoms with Crippen LogP contribution in [0.1, 0.15) is 17.7 Å². The van der Waals surface area contributed by atoms with Crippen LogP contribution in [0.2, 0.25) is 0 Å². The van der Waals surface area contributed by atoms with E-state index < -0.39 is 35.9 Å². The van der Waals surface area contributed by atoms with E-state index in [2.05, 4.69) is 4.98 Å². The molecule has 0 bridgehead atoms. The Hall–Kier alpha value is -1.92. The molecule has 0 spiro atoms. The van der Waals surface area contributed by atoms with Gasteiger partial charge in [-0.3, -0.25) is 4.79 Å². The van der Waals surface area contributed by atoms with Crippen molar-refractivity contribution in [3.05, 3.63) is 17.3 Å². The molecule has 0 atom stereocenters. The number of alkyl halides is 2. The number of pyridine rings is 1. The number of carbonyl (C=O) groups is 1. The minimum Gasteiger partial charge on any atom is -0.504 e. The van der Waals surface area contributed by atoms with Crippen LogP contribution in [0.25, 0.3) is 0 Å². The van der Waals surface area contributed by atoms with Crippen LogP contribution in [0, 0.1) is 0 Å². The highest BCUT2D eigenvalue weighted by molar-refractivity contribution is 5.70. The lowest BCUT2D eigenvalue weighted by molar-refractivity contribution is -0.136. The topological polar surface area (TPSA) is 96.4 Å². The van der Waals surface area contributed by atoms with Crippen molar-refractivity contribution in [1.29, 1.82) is 0 Å². The molecule has 1 rings (SSSR count). The number of nitrogens with zero attached hydrogens (tertiary/aromatic N) is 1. The van der Waals surface area contributed by atoms with Crippen molar-refractivity contribution in [1.82, 2.24) is 4.98 Å². The molecule has 82 valence electrons. The number of carboxylic acid groups (broad SMARTS) is 1. The van der Waals surface area contributed by atoms with Gasteiger partial charge in [-0.15, -0.1) is 0 Å². The number of rotatable bonds is 3. The molecule has 0 saturated carbocycles. The fourth-order valence-corrected chi connectivity index (χ4v) is 1.05. The van der Waals surface area contributed by atoms with E-state index in [1.807, 2.05) is 0 Å². The maximum atomic E-state index is 12.3. The highest BCUT2D eigenvalue weighted by Gasteiger charge is 2.18. The van der Waals surface area contributed by atoms with Crippen LogP contribution in [0.4, 0.5) is 14.6 Å². The normalized spacial score (nSPS) is 10.6. The fourth-order valence-electron chi connectivity index (χ4n) is 1.05. The fraction of sp³-hybridized carbons (Fsp3) is 0.250. The summed E-state index contributed by atoms with van der Waals surface area (Å²) < 4.78 is 24.7. The summed E-state index contributed by atoms with van der Waals surface area (Å²) in [5.74, 6) is -2.52. The molecule has 0 aliphatic heterocycles. The molecule has 0 radical (unpaired) electrons. The zero-order chi connectivity index (χ0) is 11.6. The predicted octanol–water partition coefficient (Wildman–Crippen LogP) is 0.934. The Balaban J connectivity index is 3.17. The number of aromatic nitrogens is 1. The van der Waals surface area contributed by atoms with E-state index in [1.54, 1.807) is 0 Å². The van der Waals surface area contributed by atoms with Crippen molar-refractivity contribution in [2.45, 2.75) is 12.8 Å². The van der Waals surface area contributed by atoms with Gasteiger partial charge in [0.2, 0.25) is 0 Å². The van der Waals surface area contributed by atoms with E-state index in [0.29, 0.717) is 0 Å². The number of nitrogen functional groups attached to an aromatic ring is 1. The minimum atomic E-state index is -2.93. The van der Waals surface area contributed by atoms with Crippen molar-refractivity contribution >= 4 is 11.8 Å². The van der Waals surface area contributed by atoms with Crippen LogP contribution in [-0.2, 0) is 11.2 Å². The Morgan fingerprint density at radius 1 is 1.60 bits per heavy atom. The first-order valence-electron chi connectivity index (χ1n) is 3.90. The zero-order valence-electron chi connectivity index (χ0n) is 7.44. The number of aliphatic carboxylic acids is 1. The highest BCUT2D eigenvalue weighted by atomic mass is 19.3. The maximum absolute atomic E-state index is 12.3. The number of hydrogen-bond acceptors (Lipinski definition) is 4. The SMILES string of the molecule is Nc1nc(CC(=O)O)cc(C(F)F)c1O. The molecule has 4 N–H and O–H groups in total. The summed E-state index contributed by atoms with van der Waals surface area (Å²) in [5.41, 5.74) is 4.32. The molecule has 0 aliphatic rings. The molecule has 15 heavy (non-hydrogen) atoms. The molecule has 1 aromatic heterocycles. The van der Waals surface area contributed by atoms with E-state index in [-0.39, 0.29) is 5.69 Å². The summed E-state index contributed by atoms with van der Waals surface area (Å²) in [5, 5.41) is 17.5. The minimum absolute atomic E-state index is 0.117. The molecular weight excluding hydrogens is 210 g/mol. The third-order valence-electron chi connectivity index (χ3n) is 1.67. The van der Waals surface area contributed by atoms with Crippen molar-refractivity contribution in [2.75, 3.05) is 5.73 Å². The van der Waals surface area contributed by atoms with Gasteiger partial charge in [0, 0.05) is 0 Å². The lowest BCUT2D eigenvalue weighted by Crippen LogP contribution is -2.06. The van der Waals surface area contributed by atoms with Gasteiger partial charge in [0.05, 0.1) is 17.7 Å². The van der Waals surface area contributed by atoms with E-state index in [0.717, 1.165) is 6.07 Å². The number of aromatic hydroxyl groups is 1. The summed E-state index contributed by atoms with van der Waals surface area (Å²) in [6.45, 7) is 0. The van der Waals surface area contributed by atoms with Gasteiger partial charge in [0.1, 0.15) is 0 Å². The number of nitrogens with two attached hydrogens (primary N) is 1. The van der Waals surface area contributed by atoms with Gasteiger partial charge >= 0.3 is 5.97 Å². The number of hydrogen-bond donors (Lipinski definition) is 3. The zero-order valence-corrected chi connectivity index (χ0v) is 7.44. The first-order chi connectivity index (χ1) is 6.91. The van der Waals surface area contributed by atoms with Gasteiger partial charge in [-0.25, -0.2) is 13.8 Å². The van der Waals surface area contributed by atoms with Crippen LogP contribution in [0.15, 0.2) is 6.07 Å². The van der Waals surface area contributed by atoms with Gasteiger partial charge in [0.25, 0.3) is 6.43 Å². The monoisotopic (exact) mass is 218 g/mol. The van der Waals surface area contributed by atoms with Crippen LogP contribution >= 0.6 is 0 Å². The number of carboxylic acids is 1. The second kappa shape index (κ2) is 4.07. The Bertz CT molecular complexity index is 396. The Morgan fingerprint density at radius 3 is 2.67 bits per heavy atom. The molecule has 0 aromatic carbocycles. The molecule has 7 heteroatoms. The van der Waals surface area contributed by atoms with Crippen molar-refractivity contribution in [2.24, 2.45) is 0 Å². The van der Waals surface area contributed by atoms with Gasteiger partial charge in [0.15, 0.2) is 11.6 Å². The summed E-state index contributed by atoms with van der Waals surface area (Å²) in [7, 11) is 0. The molecular formula is C8H8F2N2O3. The highest BCUT2D eigenvalue weighted by Crippen LogP contribution is 2.32. The molecule has 1 heterocycles. The molecule has 0 fully saturated rings. The number of anilines is 1. The van der Waals surface area contributed by atoms with Gasteiger partial charge in [-0.2, -0.15) is 0 Å². The molecule has 0 unspecified atom stereocenters. The first kappa shape index (κ1) is 11.2. The average molecular weight is 218 g/mol. The Morgan fingerprint density at radius 2 is 2.20 bits per heavy atom. The van der Waals surface area contributed by atoms with Crippen LogP contribution in [-0.4, -0.2) is 21.2 Å². The summed E-state index contributed by atoms with van der Waals surface area (Å²) >= 11 is 0. The maximum Gasteiger partial charge on any atom is 0.309 e. The van der Waals surface area contributed by atoms with Crippen molar-refractivity contribution in [3.63, 3.8) is 0 Å². The first-order valence-corrected chi connectivity index (χ1v) is 3.90. The molecule has 0 amide bonds. The van der Waals surface area contributed by atoms with E-state index in [4.69, 9.17) is 15.9 Å². The number of halogens is 2. The third kappa shape index (κ3) is 2.52. The summed E-state index contributed by atoms with van der Waals surface area (Å²) in [6, 6.07) is 0.824. The lowest BCUT2D eigenvalue weighted by Gasteiger charge is -2.07. The smallest absolute Gasteiger partial charge is 0.309 e. The Kier molecular flexibility index (Phi) is 3.03. The second-order valence-corrected chi connectivity index (χ2v) is 2.81. The van der Waals surface area contributed by atoms with Gasteiger partial charge in [-0.05, 0) is 6.07 Å². The van der Waals surface area contributed by atoms with Crippen molar-refractivity contribution in [3.8, 4) is 5.75 Å². The van der Waals surface area contributed by atoms with Gasteiger partial charge in [-0.1, -0.05) is 0 Å². The molecule has 0 aliphatic carbocycles. The second-order valence-electron chi connectivity index (χ2n) is 2.81. The quantitative estimate of drug-likeness (QED) is 0.701. The average Bonchev–Trinajstić information content (AvgIpc) is 2.09. The summed E-state index contributed by atoms with van der Waals surface area (Å²) in [6.07, 6.45) is -3.45. The van der Waals surface area contributed by atoms with Crippen LogP contribution in [0.5, 0.6) is 5.75 Å². The Labute approximate surface area is 83.2 Å².